The summed E-state index contributed by atoms with van der Waals surface area (Å²) in [4.78, 5) is 4.75. The molecule has 0 atom stereocenters. The molecule has 0 unspecified atom stereocenters. The van der Waals surface area contributed by atoms with E-state index in [1.807, 2.05) is 0 Å². The number of aliphatic imine (C=N–C) groups is 1. The lowest BCUT2D eigenvalue weighted by molar-refractivity contribution is 0.139. The predicted octanol–water partition coefficient (Wildman–Crippen LogP) is 2.28. The van der Waals surface area contributed by atoms with Crippen LogP contribution in [0.5, 0.6) is 0 Å². The summed E-state index contributed by atoms with van der Waals surface area (Å²) in [6.07, 6.45) is 8.04. The summed E-state index contributed by atoms with van der Waals surface area (Å²) in [5, 5.41) is 6.81. The van der Waals surface area contributed by atoms with Crippen LogP contribution < -0.4 is 10.6 Å². The molecule has 2 rings (SSSR count). The zero-order valence-electron chi connectivity index (χ0n) is 10.7. The number of nitrogens with one attached hydrogen (secondary N) is 2. The topological polar surface area (TPSA) is 36.4 Å². The molecular formula is C13H25N3. The summed E-state index contributed by atoms with van der Waals surface area (Å²) < 4.78 is 0. The fraction of sp³-hybridized carbons (Fsp3) is 0.923. The predicted molar refractivity (Wildman–Crippen MR) is 68.7 cm³/mol. The Morgan fingerprint density at radius 3 is 2.50 bits per heavy atom. The molecule has 3 nitrogen and oxygen atoms in total. The molecule has 0 heterocycles. The van der Waals surface area contributed by atoms with E-state index in [4.69, 9.17) is 4.99 Å². The molecule has 2 saturated carbocycles. The van der Waals surface area contributed by atoms with Crippen LogP contribution in [0.2, 0.25) is 0 Å². The summed E-state index contributed by atoms with van der Waals surface area (Å²) >= 11 is 0. The largest absolute Gasteiger partial charge is 0.357 e. The average molecular weight is 223 g/mol. The van der Waals surface area contributed by atoms with Gasteiger partial charge in [0.25, 0.3) is 0 Å². The van der Waals surface area contributed by atoms with Crippen molar-refractivity contribution in [3.63, 3.8) is 0 Å². The van der Waals surface area contributed by atoms with E-state index in [2.05, 4.69) is 24.5 Å². The number of hydrogen-bond donors (Lipinski definition) is 2. The average Bonchev–Trinajstić information content (AvgIpc) is 3.01. The van der Waals surface area contributed by atoms with Gasteiger partial charge in [0, 0.05) is 19.1 Å². The molecule has 0 aliphatic heterocycles. The number of rotatable bonds is 5. The monoisotopic (exact) mass is 223 g/mol. The van der Waals surface area contributed by atoms with Crippen LogP contribution in [0, 0.1) is 5.41 Å². The highest BCUT2D eigenvalue weighted by Crippen LogP contribution is 2.43. The molecular weight excluding hydrogens is 198 g/mol. The van der Waals surface area contributed by atoms with Gasteiger partial charge in [0.1, 0.15) is 0 Å². The molecule has 0 aromatic carbocycles. The highest BCUT2D eigenvalue weighted by atomic mass is 15.2. The van der Waals surface area contributed by atoms with Gasteiger partial charge in [-0.3, -0.25) is 4.99 Å². The van der Waals surface area contributed by atoms with Crippen molar-refractivity contribution in [2.45, 2.75) is 58.4 Å². The molecule has 16 heavy (non-hydrogen) atoms. The smallest absolute Gasteiger partial charge is 0.191 e. The molecule has 3 heteroatoms. The van der Waals surface area contributed by atoms with E-state index in [0.29, 0.717) is 11.5 Å². The molecule has 0 amide bonds. The van der Waals surface area contributed by atoms with Gasteiger partial charge >= 0.3 is 0 Å². The molecule has 0 aromatic heterocycles. The van der Waals surface area contributed by atoms with Crippen molar-refractivity contribution in [2.75, 3.05) is 13.1 Å². The number of guanidine groups is 1. The minimum atomic E-state index is 0.534. The van der Waals surface area contributed by atoms with Gasteiger partial charge in [-0.1, -0.05) is 13.3 Å². The van der Waals surface area contributed by atoms with E-state index in [9.17, 15) is 0 Å². The van der Waals surface area contributed by atoms with Crippen LogP contribution in [0.15, 0.2) is 4.99 Å². The van der Waals surface area contributed by atoms with Gasteiger partial charge in [-0.05, 0) is 44.4 Å². The van der Waals surface area contributed by atoms with Crippen molar-refractivity contribution in [3.8, 4) is 0 Å². The van der Waals surface area contributed by atoms with Crippen LogP contribution in [0.1, 0.15) is 52.4 Å². The Kier molecular flexibility index (Phi) is 3.72. The Hall–Kier alpha value is -0.730. The van der Waals surface area contributed by atoms with E-state index in [1.165, 1.54) is 38.5 Å². The first kappa shape index (κ1) is 11.7. The zero-order chi connectivity index (χ0) is 11.4. The molecule has 2 fully saturated rings. The van der Waals surface area contributed by atoms with E-state index >= 15 is 0 Å². The van der Waals surface area contributed by atoms with E-state index < -0.39 is 0 Å². The fourth-order valence-electron chi connectivity index (χ4n) is 2.29. The van der Waals surface area contributed by atoms with Gasteiger partial charge in [0.2, 0.25) is 0 Å². The van der Waals surface area contributed by atoms with Gasteiger partial charge in [-0.25, -0.2) is 0 Å². The van der Waals surface area contributed by atoms with Crippen molar-refractivity contribution >= 4 is 5.96 Å². The minimum absolute atomic E-state index is 0.534. The minimum Gasteiger partial charge on any atom is -0.357 e. The van der Waals surface area contributed by atoms with Crippen LogP contribution >= 0.6 is 0 Å². The lowest BCUT2D eigenvalue weighted by atomic mass is 9.67. The third kappa shape index (κ3) is 2.89. The van der Waals surface area contributed by atoms with Gasteiger partial charge in [-0.15, -0.1) is 0 Å². The van der Waals surface area contributed by atoms with Gasteiger partial charge in [0.15, 0.2) is 5.96 Å². The Labute approximate surface area is 99.1 Å². The number of nitrogens with zero attached hydrogens (tertiary/aromatic N) is 1. The lowest BCUT2D eigenvalue weighted by Crippen LogP contribution is -2.40. The second-order valence-corrected chi connectivity index (χ2v) is 5.32. The molecule has 0 bridgehead atoms. The SMILES string of the molecule is CCNC(=NCC1(CC)CCC1)NC1CC1. The summed E-state index contributed by atoms with van der Waals surface area (Å²) in [6, 6.07) is 0.691. The second-order valence-electron chi connectivity index (χ2n) is 5.32. The normalized spacial score (nSPS) is 23.8. The van der Waals surface area contributed by atoms with Crippen LogP contribution in [-0.2, 0) is 0 Å². The first-order chi connectivity index (χ1) is 7.78. The van der Waals surface area contributed by atoms with Crippen molar-refractivity contribution in [3.05, 3.63) is 0 Å². The van der Waals surface area contributed by atoms with Gasteiger partial charge in [0.05, 0.1) is 0 Å². The third-order valence-electron chi connectivity index (χ3n) is 4.00. The second kappa shape index (κ2) is 5.07. The molecule has 0 saturated heterocycles. The van der Waals surface area contributed by atoms with Crippen LogP contribution in [0.4, 0.5) is 0 Å². The maximum atomic E-state index is 4.75. The van der Waals surface area contributed by atoms with E-state index in [-0.39, 0.29) is 0 Å². The van der Waals surface area contributed by atoms with Crippen LogP contribution in [0.3, 0.4) is 0 Å². The van der Waals surface area contributed by atoms with Crippen molar-refractivity contribution in [1.29, 1.82) is 0 Å². The van der Waals surface area contributed by atoms with Crippen LogP contribution in [-0.4, -0.2) is 25.1 Å². The Morgan fingerprint density at radius 2 is 2.06 bits per heavy atom. The maximum absolute atomic E-state index is 4.75. The van der Waals surface area contributed by atoms with Crippen molar-refractivity contribution in [2.24, 2.45) is 10.4 Å². The summed E-state index contributed by atoms with van der Waals surface area (Å²) in [5.41, 5.74) is 0.534. The number of hydrogen-bond acceptors (Lipinski definition) is 1. The quantitative estimate of drug-likeness (QED) is 0.554. The first-order valence-corrected chi connectivity index (χ1v) is 6.83. The van der Waals surface area contributed by atoms with Crippen molar-refractivity contribution < 1.29 is 0 Å². The highest BCUT2D eigenvalue weighted by molar-refractivity contribution is 5.80. The molecule has 2 aliphatic rings. The first-order valence-electron chi connectivity index (χ1n) is 6.83. The third-order valence-corrected chi connectivity index (χ3v) is 4.00. The molecule has 0 aromatic rings. The Morgan fingerprint density at radius 1 is 1.31 bits per heavy atom. The molecule has 92 valence electrons. The highest BCUT2D eigenvalue weighted by Gasteiger charge is 2.35. The molecule has 0 radical (unpaired) electrons. The summed E-state index contributed by atoms with van der Waals surface area (Å²) in [6.45, 7) is 6.39. The standard InChI is InChI=1S/C13H25N3/c1-3-13(8-5-9-13)10-15-12(14-4-2)16-11-6-7-11/h11H,3-10H2,1-2H3,(H2,14,15,16). The molecule has 0 spiro atoms. The molecule has 2 N–H and O–H groups in total. The van der Waals surface area contributed by atoms with Crippen molar-refractivity contribution in [1.82, 2.24) is 10.6 Å². The van der Waals surface area contributed by atoms with E-state index in [1.54, 1.807) is 0 Å². The maximum Gasteiger partial charge on any atom is 0.191 e. The van der Waals surface area contributed by atoms with Gasteiger partial charge < -0.3 is 10.6 Å². The van der Waals surface area contributed by atoms with E-state index in [0.717, 1.165) is 19.0 Å². The Balaban J connectivity index is 1.84. The lowest BCUT2D eigenvalue weighted by Gasteiger charge is -2.40. The van der Waals surface area contributed by atoms with Gasteiger partial charge in [-0.2, -0.15) is 0 Å². The summed E-state index contributed by atoms with van der Waals surface area (Å²) in [5.74, 6) is 1.03. The zero-order valence-corrected chi connectivity index (χ0v) is 10.7. The molecule has 2 aliphatic carbocycles. The summed E-state index contributed by atoms with van der Waals surface area (Å²) in [7, 11) is 0. The Bertz CT molecular complexity index is 246. The van der Waals surface area contributed by atoms with Crippen LogP contribution in [0.25, 0.3) is 0 Å². The fourth-order valence-corrected chi connectivity index (χ4v) is 2.29.